The fourth-order valence-electron chi connectivity index (χ4n) is 1.88. The molecule has 0 bridgehead atoms. The molecule has 0 aliphatic rings. The maximum atomic E-state index is 11.9. The minimum atomic E-state index is -0.168. The quantitative estimate of drug-likeness (QED) is 0.720. The Bertz CT molecular complexity index is 684. The van der Waals surface area contributed by atoms with Crippen molar-refractivity contribution in [2.75, 3.05) is 5.32 Å². The third-order valence-electron chi connectivity index (χ3n) is 2.76. The van der Waals surface area contributed by atoms with Crippen LogP contribution in [-0.4, -0.2) is 15.9 Å². The van der Waals surface area contributed by atoms with E-state index in [-0.39, 0.29) is 5.91 Å². The van der Waals surface area contributed by atoms with Gasteiger partial charge in [-0.1, -0.05) is 24.3 Å². The molecule has 2 N–H and O–H groups in total. The van der Waals surface area contributed by atoms with Gasteiger partial charge in [-0.2, -0.15) is 0 Å². The van der Waals surface area contributed by atoms with E-state index in [1.165, 1.54) is 0 Å². The van der Waals surface area contributed by atoms with Crippen LogP contribution in [-0.2, 0) is 0 Å². The second-order valence-electron chi connectivity index (χ2n) is 3.95. The second kappa shape index (κ2) is 4.33. The molecule has 0 atom stereocenters. The molecule has 0 aliphatic carbocycles. The van der Waals surface area contributed by atoms with Gasteiger partial charge in [0.2, 0.25) is 0 Å². The summed E-state index contributed by atoms with van der Waals surface area (Å²) in [6, 6.07) is 11.3. The fourth-order valence-corrected chi connectivity index (χ4v) is 1.88. The van der Waals surface area contributed by atoms with Gasteiger partial charge in [-0.25, -0.2) is 0 Å². The molecule has 0 saturated heterocycles. The van der Waals surface area contributed by atoms with Crippen molar-refractivity contribution in [2.24, 2.45) is 0 Å². The molecular weight excluding hydrogens is 226 g/mol. The van der Waals surface area contributed by atoms with Crippen LogP contribution < -0.4 is 5.32 Å². The Kier molecular flexibility index (Phi) is 2.53. The molecule has 1 aromatic carbocycles. The average Bonchev–Trinajstić information content (AvgIpc) is 2.93. The van der Waals surface area contributed by atoms with Gasteiger partial charge in [0, 0.05) is 23.2 Å². The van der Waals surface area contributed by atoms with Gasteiger partial charge in [0.05, 0.1) is 11.9 Å². The summed E-state index contributed by atoms with van der Waals surface area (Å²) in [6.07, 6.45) is 5.15. The molecule has 18 heavy (non-hydrogen) atoms. The van der Waals surface area contributed by atoms with Crippen molar-refractivity contribution >= 4 is 22.4 Å². The number of amides is 1. The van der Waals surface area contributed by atoms with Crippen LogP contribution in [0.5, 0.6) is 0 Å². The van der Waals surface area contributed by atoms with Gasteiger partial charge in [-0.15, -0.1) is 0 Å². The molecule has 2 heterocycles. The lowest BCUT2D eigenvalue weighted by atomic mass is 10.1. The number of benzene rings is 1. The highest BCUT2D eigenvalue weighted by Gasteiger charge is 2.08. The van der Waals surface area contributed by atoms with Crippen LogP contribution in [0.1, 0.15) is 10.5 Å². The van der Waals surface area contributed by atoms with Gasteiger partial charge >= 0.3 is 0 Å². The second-order valence-corrected chi connectivity index (χ2v) is 3.95. The topological polar surface area (TPSA) is 57.8 Å². The summed E-state index contributed by atoms with van der Waals surface area (Å²) in [5, 5.41) is 4.84. The maximum absolute atomic E-state index is 11.9. The lowest BCUT2D eigenvalue weighted by molar-refractivity contribution is 0.102. The van der Waals surface area contributed by atoms with Crippen molar-refractivity contribution in [1.29, 1.82) is 0 Å². The number of nitrogens with one attached hydrogen (secondary N) is 2. The van der Waals surface area contributed by atoms with Gasteiger partial charge in [-0.3, -0.25) is 9.78 Å². The van der Waals surface area contributed by atoms with Crippen molar-refractivity contribution in [2.45, 2.75) is 0 Å². The first kappa shape index (κ1) is 10.5. The Morgan fingerprint density at radius 3 is 2.83 bits per heavy atom. The summed E-state index contributed by atoms with van der Waals surface area (Å²) < 4.78 is 0. The number of nitrogens with zero attached hydrogens (tertiary/aromatic N) is 1. The number of carbonyl (C=O) groups excluding carboxylic acids is 1. The summed E-state index contributed by atoms with van der Waals surface area (Å²) in [5.74, 6) is -0.168. The van der Waals surface area contributed by atoms with E-state index in [0.717, 1.165) is 10.8 Å². The largest absolute Gasteiger partial charge is 0.357 e. The third kappa shape index (κ3) is 1.84. The standard InChI is InChI=1S/C14H11N3O/c18-14(12-6-3-7-16-12)17-13-9-15-8-10-4-1-2-5-11(10)13/h1-9,16H,(H,17,18). The van der Waals surface area contributed by atoms with E-state index in [1.807, 2.05) is 24.3 Å². The highest BCUT2D eigenvalue weighted by Crippen LogP contribution is 2.21. The Hall–Kier alpha value is -2.62. The molecular formula is C14H11N3O. The van der Waals surface area contributed by atoms with E-state index in [1.54, 1.807) is 30.7 Å². The van der Waals surface area contributed by atoms with Crippen LogP contribution in [0.25, 0.3) is 10.8 Å². The number of anilines is 1. The van der Waals surface area contributed by atoms with Crippen molar-refractivity contribution in [3.05, 3.63) is 60.7 Å². The molecule has 0 saturated carbocycles. The molecule has 2 aromatic heterocycles. The Morgan fingerprint density at radius 2 is 2.00 bits per heavy atom. The van der Waals surface area contributed by atoms with E-state index in [4.69, 9.17) is 0 Å². The molecule has 0 radical (unpaired) electrons. The van der Waals surface area contributed by atoms with E-state index in [0.29, 0.717) is 11.4 Å². The fraction of sp³-hybridized carbons (Fsp3) is 0. The van der Waals surface area contributed by atoms with Gasteiger partial charge < -0.3 is 10.3 Å². The number of hydrogen-bond donors (Lipinski definition) is 2. The molecule has 0 aliphatic heterocycles. The number of carbonyl (C=O) groups is 1. The van der Waals surface area contributed by atoms with Crippen molar-refractivity contribution in [3.8, 4) is 0 Å². The highest BCUT2D eigenvalue weighted by atomic mass is 16.1. The minimum absolute atomic E-state index is 0.168. The average molecular weight is 237 g/mol. The lowest BCUT2D eigenvalue weighted by Crippen LogP contribution is -2.12. The minimum Gasteiger partial charge on any atom is -0.357 e. The number of hydrogen-bond acceptors (Lipinski definition) is 2. The van der Waals surface area contributed by atoms with E-state index < -0.39 is 0 Å². The van der Waals surface area contributed by atoms with Crippen LogP contribution in [0.15, 0.2) is 55.0 Å². The number of H-pyrrole nitrogens is 1. The van der Waals surface area contributed by atoms with Crippen LogP contribution >= 0.6 is 0 Å². The molecule has 0 spiro atoms. The molecule has 88 valence electrons. The number of rotatable bonds is 2. The Balaban J connectivity index is 1.98. The Morgan fingerprint density at radius 1 is 1.11 bits per heavy atom. The van der Waals surface area contributed by atoms with Crippen LogP contribution in [0, 0.1) is 0 Å². The monoisotopic (exact) mass is 237 g/mol. The van der Waals surface area contributed by atoms with Gasteiger partial charge in [0.25, 0.3) is 5.91 Å². The van der Waals surface area contributed by atoms with Crippen molar-refractivity contribution in [1.82, 2.24) is 9.97 Å². The zero-order valence-corrected chi connectivity index (χ0v) is 9.55. The van der Waals surface area contributed by atoms with Crippen molar-refractivity contribution < 1.29 is 4.79 Å². The first-order chi connectivity index (χ1) is 8.84. The first-order valence-corrected chi connectivity index (χ1v) is 5.62. The summed E-state index contributed by atoms with van der Waals surface area (Å²) >= 11 is 0. The number of pyridine rings is 1. The molecule has 0 unspecified atom stereocenters. The number of aromatic amines is 1. The molecule has 3 aromatic rings. The molecule has 4 nitrogen and oxygen atoms in total. The lowest BCUT2D eigenvalue weighted by Gasteiger charge is -2.07. The van der Waals surface area contributed by atoms with Gasteiger partial charge in [0.15, 0.2) is 0 Å². The predicted molar refractivity (Wildman–Crippen MR) is 70.5 cm³/mol. The van der Waals surface area contributed by atoms with Gasteiger partial charge in [0.1, 0.15) is 5.69 Å². The number of aromatic nitrogens is 2. The van der Waals surface area contributed by atoms with Crippen molar-refractivity contribution in [3.63, 3.8) is 0 Å². The Labute approximate surface area is 104 Å². The SMILES string of the molecule is O=C(Nc1cncc2ccccc12)c1ccc[nH]1. The third-order valence-corrected chi connectivity index (χ3v) is 2.76. The first-order valence-electron chi connectivity index (χ1n) is 5.62. The molecule has 0 fully saturated rings. The summed E-state index contributed by atoms with van der Waals surface area (Å²) in [6.45, 7) is 0. The van der Waals surface area contributed by atoms with E-state index in [2.05, 4.69) is 15.3 Å². The van der Waals surface area contributed by atoms with Gasteiger partial charge in [-0.05, 0) is 12.1 Å². The number of fused-ring (bicyclic) bond motifs is 1. The maximum Gasteiger partial charge on any atom is 0.272 e. The molecule has 4 heteroatoms. The predicted octanol–water partition coefficient (Wildman–Crippen LogP) is 2.82. The summed E-state index contributed by atoms with van der Waals surface area (Å²) in [4.78, 5) is 18.9. The summed E-state index contributed by atoms with van der Waals surface area (Å²) in [5.41, 5.74) is 1.25. The van der Waals surface area contributed by atoms with E-state index in [9.17, 15) is 4.79 Å². The molecule has 3 rings (SSSR count). The zero-order valence-electron chi connectivity index (χ0n) is 9.55. The summed E-state index contributed by atoms with van der Waals surface area (Å²) in [7, 11) is 0. The highest BCUT2D eigenvalue weighted by molar-refractivity contribution is 6.07. The molecule has 1 amide bonds. The normalized spacial score (nSPS) is 10.4. The smallest absolute Gasteiger partial charge is 0.272 e. The van der Waals surface area contributed by atoms with E-state index >= 15 is 0 Å². The van der Waals surface area contributed by atoms with Crippen LogP contribution in [0.2, 0.25) is 0 Å². The zero-order chi connectivity index (χ0) is 12.4. The van der Waals surface area contributed by atoms with Crippen LogP contribution in [0.4, 0.5) is 5.69 Å². The van der Waals surface area contributed by atoms with Crippen LogP contribution in [0.3, 0.4) is 0 Å².